The summed E-state index contributed by atoms with van der Waals surface area (Å²) >= 11 is 1.38. The second-order valence-corrected chi connectivity index (χ2v) is 6.66. The number of thiophene rings is 1. The van der Waals surface area contributed by atoms with E-state index in [1.54, 1.807) is 6.07 Å². The van der Waals surface area contributed by atoms with Gasteiger partial charge in [0.15, 0.2) is 0 Å². The summed E-state index contributed by atoms with van der Waals surface area (Å²) in [6.07, 6.45) is -1.75. The van der Waals surface area contributed by atoms with Crippen LogP contribution in [0, 0.1) is 0 Å². The zero-order valence-corrected chi connectivity index (χ0v) is 13.6. The maximum Gasteiger partial charge on any atom is 0.261 e. The number of morpholine rings is 1. The van der Waals surface area contributed by atoms with Crippen LogP contribution in [0.5, 0.6) is 0 Å². The van der Waals surface area contributed by atoms with Gasteiger partial charge in [-0.25, -0.2) is 0 Å². The summed E-state index contributed by atoms with van der Waals surface area (Å²) < 4.78 is 11.1. The van der Waals surface area contributed by atoms with E-state index in [-0.39, 0.29) is 24.7 Å². The fourth-order valence-electron chi connectivity index (χ4n) is 3.16. The van der Waals surface area contributed by atoms with Gasteiger partial charge in [0.1, 0.15) is 12.2 Å². The molecule has 0 radical (unpaired) electrons. The van der Waals surface area contributed by atoms with Gasteiger partial charge in [0, 0.05) is 19.6 Å². The Morgan fingerprint density at radius 3 is 2.83 bits per heavy atom. The van der Waals surface area contributed by atoms with Crippen LogP contribution in [0.1, 0.15) is 9.67 Å². The van der Waals surface area contributed by atoms with Gasteiger partial charge in [-0.1, -0.05) is 6.07 Å². The Labute approximate surface area is 138 Å². The maximum atomic E-state index is 12.1. The second-order valence-electron chi connectivity index (χ2n) is 5.71. The van der Waals surface area contributed by atoms with E-state index in [4.69, 9.17) is 9.47 Å². The summed E-state index contributed by atoms with van der Waals surface area (Å²) in [5.41, 5.74) is 0. The van der Waals surface area contributed by atoms with Crippen molar-refractivity contribution >= 4 is 17.2 Å². The number of nitrogens with zero attached hydrogens (tertiary/aromatic N) is 1. The maximum absolute atomic E-state index is 12.1. The van der Waals surface area contributed by atoms with E-state index < -0.39 is 12.2 Å². The lowest BCUT2D eigenvalue weighted by Crippen LogP contribution is -2.54. The lowest BCUT2D eigenvalue weighted by Gasteiger charge is -2.36. The molecular weight excluding hydrogens is 320 g/mol. The Balaban J connectivity index is 1.64. The molecule has 2 aliphatic heterocycles. The molecule has 0 aromatic carbocycles. The first-order valence-electron chi connectivity index (χ1n) is 7.78. The van der Waals surface area contributed by atoms with E-state index in [0.29, 0.717) is 37.7 Å². The first-order valence-corrected chi connectivity index (χ1v) is 8.66. The van der Waals surface area contributed by atoms with Crippen LogP contribution < -0.4 is 5.32 Å². The van der Waals surface area contributed by atoms with E-state index in [0.717, 1.165) is 0 Å². The Morgan fingerprint density at radius 1 is 1.39 bits per heavy atom. The largest absolute Gasteiger partial charge is 0.394 e. The van der Waals surface area contributed by atoms with Gasteiger partial charge in [0.2, 0.25) is 0 Å². The van der Waals surface area contributed by atoms with Crippen LogP contribution in [-0.2, 0) is 9.47 Å². The number of amides is 1. The number of aliphatic hydroxyl groups is 2. The number of hydrogen-bond acceptors (Lipinski definition) is 7. The molecule has 7 nitrogen and oxygen atoms in total. The molecule has 2 fully saturated rings. The molecule has 23 heavy (non-hydrogen) atoms. The molecule has 1 aromatic heterocycles. The molecule has 0 unspecified atom stereocenters. The Bertz CT molecular complexity index is 506. The normalized spacial score (nSPS) is 32.1. The molecule has 3 heterocycles. The highest BCUT2D eigenvalue weighted by atomic mass is 32.1. The standard InChI is InChI=1S/C15H22N2O5S/c18-9-11-14(19)13(17-3-5-21-6-4-17)10(22-11)8-16-15(20)12-2-1-7-23-12/h1-2,7,10-11,13-14,18-19H,3-6,8-9H2,(H,16,20)/t10-,11-,13-,14+/m0/s1. The summed E-state index contributed by atoms with van der Waals surface area (Å²) in [5.74, 6) is -0.147. The van der Waals surface area contributed by atoms with Crippen molar-refractivity contribution < 1.29 is 24.5 Å². The highest BCUT2D eigenvalue weighted by molar-refractivity contribution is 7.12. The molecule has 8 heteroatoms. The third kappa shape index (κ3) is 3.73. The van der Waals surface area contributed by atoms with Crippen molar-refractivity contribution in [3.05, 3.63) is 22.4 Å². The summed E-state index contributed by atoms with van der Waals surface area (Å²) in [6, 6.07) is 3.34. The minimum atomic E-state index is -0.776. The first kappa shape index (κ1) is 16.8. The monoisotopic (exact) mass is 342 g/mol. The number of aliphatic hydroxyl groups excluding tert-OH is 2. The van der Waals surface area contributed by atoms with Crippen LogP contribution >= 0.6 is 11.3 Å². The van der Waals surface area contributed by atoms with Gasteiger partial charge in [-0.15, -0.1) is 11.3 Å². The summed E-state index contributed by atoms with van der Waals surface area (Å²) in [4.78, 5) is 14.8. The lowest BCUT2D eigenvalue weighted by atomic mass is 10.0. The fraction of sp³-hybridized carbons (Fsp3) is 0.667. The quantitative estimate of drug-likeness (QED) is 0.655. The molecule has 1 amide bonds. The molecule has 0 spiro atoms. The van der Waals surface area contributed by atoms with Crippen molar-refractivity contribution in [1.29, 1.82) is 0 Å². The van der Waals surface area contributed by atoms with E-state index in [2.05, 4.69) is 10.2 Å². The first-order chi connectivity index (χ1) is 11.2. The number of ether oxygens (including phenoxy) is 2. The number of carbonyl (C=O) groups is 1. The van der Waals surface area contributed by atoms with Crippen LogP contribution in [0.25, 0.3) is 0 Å². The average Bonchev–Trinajstić information content (AvgIpc) is 3.21. The molecule has 0 bridgehead atoms. The van der Waals surface area contributed by atoms with Crippen molar-refractivity contribution in [2.45, 2.75) is 24.4 Å². The van der Waals surface area contributed by atoms with E-state index in [1.807, 2.05) is 11.4 Å². The minimum absolute atomic E-state index is 0.147. The predicted octanol–water partition coefficient (Wildman–Crippen LogP) is -0.701. The van der Waals surface area contributed by atoms with E-state index >= 15 is 0 Å². The highest BCUT2D eigenvalue weighted by Gasteiger charge is 2.46. The highest BCUT2D eigenvalue weighted by Crippen LogP contribution is 2.26. The zero-order chi connectivity index (χ0) is 16.2. The van der Waals surface area contributed by atoms with Gasteiger partial charge in [0.05, 0.1) is 36.8 Å². The van der Waals surface area contributed by atoms with Crippen molar-refractivity contribution in [3.8, 4) is 0 Å². The van der Waals surface area contributed by atoms with Crippen LogP contribution in [0.3, 0.4) is 0 Å². The molecule has 0 saturated carbocycles. The Kier molecular flexibility index (Phi) is 5.62. The molecule has 128 valence electrons. The Hall–Kier alpha value is -1.03. The van der Waals surface area contributed by atoms with Gasteiger partial charge in [-0.3, -0.25) is 9.69 Å². The van der Waals surface area contributed by atoms with Gasteiger partial charge in [-0.05, 0) is 11.4 Å². The van der Waals surface area contributed by atoms with Gasteiger partial charge >= 0.3 is 0 Å². The minimum Gasteiger partial charge on any atom is -0.394 e. The van der Waals surface area contributed by atoms with Crippen LogP contribution in [0.15, 0.2) is 17.5 Å². The molecule has 0 aliphatic carbocycles. The van der Waals surface area contributed by atoms with Crippen LogP contribution in [0.2, 0.25) is 0 Å². The van der Waals surface area contributed by atoms with Crippen molar-refractivity contribution in [3.63, 3.8) is 0 Å². The molecule has 3 rings (SSSR count). The summed E-state index contributed by atoms with van der Waals surface area (Å²) in [7, 11) is 0. The van der Waals surface area contributed by atoms with Gasteiger partial charge < -0.3 is 25.0 Å². The van der Waals surface area contributed by atoms with Crippen LogP contribution in [-0.4, -0.2) is 84.8 Å². The predicted molar refractivity (Wildman–Crippen MR) is 84.6 cm³/mol. The molecule has 4 atom stereocenters. The van der Waals surface area contributed by atoms with Crippen molar-refractivity contribution in [2.75, 3.05) is 39.5 Å². The van der Waals surface area contributed by atoms with Crippen molar-refractivity contribution in [2.24, 2.45) is 0 Å². The fourth-order valence-corrected chi connectivity index (χ4v) is 3.80. The number of carbonyl (C=O) groups excluding carboxylic acids is 1. The lowest BCUT2D eigenvalue weighted by molar-refractivity contribution is -0.0220. The molecule has 3 N–H and O–H groups in total. The van der Waals surface area contributed by atoms with Gasteiger partial charge in [0.25, 0.3) is 5.91 Å². The number of rotatable bonds is 5. The topological polar surface area (TPSA) is 91.3 Å². The smallest absolute Gasteiger partial charge is 0.261 e. The van der Waals surface area contributed by atoms with E-state index in [9.17, 15) is 15.0 Å². The summed E-state index contributed by atoms with van der Waals surface area (Å²) in [6.45, 7) is 2.70. The third-order valence-corrected chi connectivity index (χ3v) is 5.19. The summed E-state index contributed by atoms with van der Waals surface area (Å²) in [5, 5.41) is 24.5. The van der Waals surface area contributed by atoms with E-state index in [1.165, 1.54) is 11.3 Å². The molecule has 2 aliphatic rings. The average molecular weight is 342 g/mol. The third-order valence-electron chi connectivity index (χ3n) is 4.32. The van der Waals surface area contributed by atoms with Crippen molar-refractivity contribution in [1.82, 2.24) is 10.2 Å². The SMILES string of the molecule is O=C(NC[C@@H]1O[C@@H](CO)[C@@H](O)[C@H]1N1CCOCC1)c1cccs1. The van der Waals surface area contributed by atoms with Crippen LogP contribution in [0.4, 0.5) is 0 Å². The molecule has 2 saturated heterocycles. The molecular formula is C15H22N2O5S. The zero-order valence-electron chi connectivity index (χ0n) is 12.8. The second kappa shape index (κ2) is 7.69. The Morgan fingerprint density at radius 2 is 2.17 bits per heavy atom. The van der Waals surface area contributed by atoms with Gasteiger partial charge in [-0.2, -0.15) is 0 Å². The number of nitrogens with one attached hydrogen (secondary N) is 1. The molecule has 1 aromatic rings. The number of hydrogen-bond donors (Lipinski definition) is 3.